The van der Waals surface area contributed by atoms with Gasteiger partial charge in [-0.25, -0.2) is 0 Å². The van der Waals surface area contributed by atoms with Crippen LogP contribution in [0.25, 0.3) is 0 Å². The van der Waals surface area contributed by atoms with Gasteiger partial charge in [0.05, 0.1) is 6.04 Å². The van der Waals surface area contributed by atoms with Crippen LogP contribution in [0.15, 0.2) is 48.5 Å². The number of hydrogen-bond donors (Lipinski definition) is 1. The Morgan fingerprint density at radius 1 is 0.955 bits per heavy atom. The van der Waals surface area contributed by atoms with E-state index in [1.54, 1.807) is 0 Å². The Morgan fingerprint density at radius 2 is 1.45 bits per heavy atom. The van der Waals surface area contributed by atoms with Crippen molar-refractivity contribution in [1.29, 1.82) is 0 Å². The Morgan fingerprint density at radius 3 is 1.91 bits per heavy atom. The third kappa shape index (κ3) is 3.47. The number of nitrogens with zero attached hydrogens (tertiary/aromatic N) is 1. The molecule has 0 bridgehead atoms. The number of nitrogens with one attached hydrogen (secondary N) is 1. The zero-order valence-electron chi connectivity index (χ0n) is 12.6. The molecule has 1 aliphatic rings. The minimum atomic E-state index is 0.228. The zero-order chi connectivity index (χ0) is 15.5. The molecular formula is C18H20Cl2N2. The van der Waals surface area contributed by atoms with Crippen LogP contribution < -0.4 is 5.32 Å². The number of benzene rings is 2. The predicted octanol–water partition coefficient (Wildman–Crippen LogP) is 4.38. The summed E-state index contributed by atoms with van der Waals surface area (Å²) in [5.74, 6) is 0. The van der Waals surface area contributed by atoms with Crippen molar-refractivity contribution in [3.05, 3.63) is 69.7 Å². The molecule has 0 spiro atoms. The van der Waals surface area contributed by atoms with Gasteiger partial charge in [-0.2, -0.15) is 0 Å². The maximum Gasteiger partial charge on any atom is 0.0605 e. The van der Waals surface area contributed by atoms with Crippen LogP contribution in [0, 0.1) is 0 Å². The first-order valence-corrected chi connectivity index (χ1v) is 8.38. The van der Waals surface area contributed by atoms with Gasteiger partial charge in [0.25, 0.3) is 0 Å². The second-order valence-electron chi connectivity index (χ2n) is 5.80. The van der Waals surface area contributed by atoms with Crippen molar-refractivity contribution in [2.45, 2.75) is 19.0 Å². The van der Waals surface area contributed by atoms with E-state index in [4.69, 9.17) is 23.2 Å². The minimum absolute atomic E-state index is 0.228. The molecule has 0 saturated carbocycles. The molecule has 0 aliphatic carbocycles. The number of hydrogen-bond acceptors (Lipinski definition) is 2. The summed E-state index contributed by atoms with van der Waals surface area (Å²) in [4.78, 5) is 2.54. The lowest BCUT2D eigenvalue weighted by Crippen LogP contribution is -2.51. The lowest BCUT2D eigenvalue weighted by Gasteiger charge is -2.40. The standard InChI is InChI=1S/C18H20Cl2N2/c1-13-12-21-10-11-22(13)18(14-2-6-16(19)7-3-14)15-4-8-17(20)9-5-15/h2-9,13,18,21H,10-12H2,1H3/t13-/m1/s1. The van der Waals surface area contributed by atoms with E-state index >= 15 is 0 Å². The Bertz CT molecular complexity index is 564. The van der Waals surface area contributed by atoms with E-state index in [0.717, 1.165) is 29.7 Å². The molecule has 2 aromatic rings. The first-order valence-electron chi connectivity index (χ1n) is 7.62. The van der Waals surface area contributed by atoms with Crippen LogP contribution >= 0.6 is 23.2 Å². The van der Waals surface area contributed by atoms with E-state index in [-0.39, 0.29) is 6.04 Å². The van der Waals surface area contributed by atoms with Gasteiger partial charge in [-0.3, -0.25) is 4.90 Å². The molecule has 1 aliphatic heterocycles. The van der Waals surface area contributed by atoms with Gasteiger partial charge in [0.1, 0.15) is 0 Å². The van der Waals surface area contributed by atoms with Gasteiger partial charge in [-0.1, -0.05) is 47.5 Å². The van der Waals surface area contributed by atoms with E-state index < -0.39 is 0 Å². The maximum atomic E-state index is 6.06. The fourth-order valence-corrected chi connectivity index (χ4v) is 3.36. The highest BCUT2D eigenvalue weighted by Gasteiger charge is 2.28. The van der Waals surface area contributed by atoms with Crippen LogP contribution in [0.1, 0.15) is 24.1 Å². The summed E-state index contributed by atoms with van der Waals surface area (Å²) in [5.41, 5.74) is 2.53. The fourth-order valence-electron chi connectivity index (χ4n) is 3.11. The summed E-state index contributed by atoms with van der Waals surface area (Å²) < 4.78 is 0. The normalized spacial score (nSPS) is 19.5. The second kappa shape index (κ2) is 7.01. The zero-order valence-corrected chi connectivity index (χ0v) is 14.1. The van der Waals surface area contributed by atoms with Gasteiger partial charge in [0.15, 0.2) is 0 Å². The van der Waals surface area contributed by atoms with Gasteiger partial charge < -0.3 is 5.32 Å². The molecule has 1 fully saturated rings. The minimum Gasteiger partial charge on any atom is -0.314 e. The molecule has 3 rings (SSSR count). The number of halogens is 2. The molecule has 4 heteroatoms. The van der Waals surface area contributed by atoms with Crippen molar-refractivity contribution in [3.63, 3.8) is 0 Å². The average Bonchev–Trinajstić information content (AvgIpc) is 2.53. The monoisotopic (exact) mass is 334 g/mol. The van der Waals surface area contributed by atoms with Crippen molar-refractivity contribution in [1.82, 2.24) is 10.2 Å². The molecule has 2 nitrogen and oxygen atoms in total. The molecule has 0 aromatic heterocycles. The van der Waals surface area contributed by atoms with Gasteiger partial charge >= 0.3 is 0 Å². The van der Waals surface area contributed by atoms with Crippen LogP contribution in [0.2, 0.25) is 10.0 Å². The summed E-state index contributed by atoms with van der Waals surface area (Å²) in [6.45, 7) is 5.32. The highest BCUT2D eigenvalue weighted by atomic mass is 35.5. The molecular weight excluding hydrogens is 315 g/mol. The SMILES string of the molecule is C[C@@H]1CNCCN1C(c1ccc(Cl)cc1)c1ccc(Cl)cc1. The van der Waals surface area contributed by atoms with Crippen molar-refractivity contribution in [3.8, 4) is 0 Å². The summed E-state index contributed by atoms with van der Waals surface area (Å²) in [6.07, 6.45) is 0. The van der Waals surface area contributed by atoms with Crippen molar-refractivity contribution in [2.24, 2.45) is 0 Å². The molecule has 1 N–H and O–H groups in total. The van der Waals surface area contributed by atoms with Gasteiger partial charge in [-0.15, -0.1) is 0 Å². The molecule has 1 saturated heterocycles. The van der Waals surface area contributed by atoms with E-state index in [1.165, 1.54) is 11.1 Å². The third-order valence-electron chi connectivity index (χ3n) is 4.26. The summed E-state index contributed by atoms with van der Waals surface area (Å²) in [5, 5.41) is 5.00. The van der Waals surface area contributed by atoms with Crippen LogP contribution in [0.5, 0.6) is 0 Å². The molecule has 0 amide bonds. The molecule has 22 heavy (non-hydrogen) atoms. The summed E-state index contributed by atoms with van der Waals surface area (Å²) in [6, 6.07) is 17.1. The lowest BCUT2D eigenvalue weighted by atomic mass is 9.95. The Labute approximate surface area is 142 Å². The Hall–Kier alpha value is -1.06. The fraction of sp³-hybridized carbons (Fsp3) is 0.333. The maximum absolute atomic E-state index is 6.06. The third-order valence-corrected chi connectivity index (χ3v) is 4.76. The summed E-state index contributed by atoms with van der Waals surface area (Å²) in [7, 11) is 0. The Kier molecular flexibility index (Phi) is 5.04. The van der Waals surface area contributed by atoms with Crippen LogP contribution in [0.3, 0.4) is 0 Å². The number of piperazine rings is 1. The largest absolute Gasteiger partial charge is 0.314 e. The Balaban J connectivity index is 2.01. The average molecular weight is 335 g/mol. The van der Waals surface area contributed by atoms with Crippen LogP contribution in [0.4, 0.5) is 0 Å². The van der Waals surface area contributed by atoms with Crippen LogP contribution in [-0.4, -0.2) is 30.6 Å². The topological polar surface area (TPSA) is 15.3 Å². The first-order chi connectivity index (χ1) is 10.6. The van der Waals surface area contributed by atoms with Gasteiger partial charge in [-0.05, 0) is 42.3 Å². The smallest absolute Gasteiger partial charge is 0.0605 e. The van der Waals surface area contributed by atoms with E-state index in [2.05, 4.69) is 41.4 Å². The van der Waals surface area contributed by atoms with E-state index in [9.17, 15) is 0 Å². The summed E-state index contributed by atoms with van der Waals surface area (Å²) >= 11 is 12.1. The second-order valence-corrected chi connectivity index (χ2v) is 6.67. The highest BCUT2D eigenvalue weighted by molar-refractivity contribution is 6.30. The van der Waals surface area contributed by atoms with Gasteiger partial charge in [0, 0.05) is 35.7 Å². The molecule has 1 heterocycles. The number of rotatable bonds is 3. The van der Waals surface area contributed by atoms with E-state index in [0.29, 0.717) is 6.04 Å². The van der Waals surface area contributed by atoms with Gasteiger partial charge in [0.2, 0.25) is 0 Å². The van der Waals surface area contributed by atoms with Crippen molar-refractivity contribution >= 4 is 23.2 Å². The predicted molar refractivity (Wildman–Crippen MR) is 93.8 cm³/mol. The highest BCUT2D eigenvalue weighted by Crippen LogP contribution is 2.32. The molecule has 0 unspecified atom stereocenters. The van der Waals surface area contributed by atoms with Crippen molar-refractivity contribution < 1.29 is 0 Å². The molecule has 2 aromatic carbocycles. The first kappa shape index (κ1) is 15.8. The lowest BCUT2D eigenvalue weighted by molar-refractivity contribution is 0.137. The molecule has 1 atom stereocenters. The van der Waals surface area contributed by atoms with Crippen molar-refractivity contribution in [2.75, 3.05) is 19.6 Å². The quantitative estimate of drug-likeness (QED) is 0.896. The van der Waals surface area contributed by atoms with E-state index in [1.807, 2.05) is 24.3 Å². The van der Waals surface area contributed by atoms with Crippen LogP contribution in [-0.2, 0) is 0 Å². The molecule has 0 radical (unpaired) electrons. The molecule has 116 valence electrons.